The number of nitrogens with one attached hydrogen (secondary N) is 2. The molecule has 0 bridgehead atoms. The lowest BCUT2D eigenvalue weighted by atomic mass is 10.2. The van der Waals surface area contributed by atoms with Gasteiger partial charge >= 0.3 is 0 Å². The summed E-state index contributed by atoms with van der Waals surface area (Å²) in [6, 6.07) is 8.22. The molecule has 0 fully saturated rings. The number of para-hydroxylation sites is 2. The lowest BCUT2D eigenvalue weighted by molar-refractivity contribution is 0.0886. The van der Waals surface area contributed by atoms with E-state index >= 15 is 0 Å². The van der Waals surface area contributed by atoms with Crippen molar-refractivity contribution in [3.63, 3.8) is 0 Å². The Hall–Kier alpha value is -1.26. The Labute approximate surface area is 102 Å². The van der Waals surface area contributed by atoms with E-state index < -0.39 is 0 Å². The molecule has 2 rings (SSSR count). The van der Waals surface area contributed by atoms with Crippen molar-refractivity contribution in [3.05, 3.63) is 24.3 Å². The van der Waals surface area contributed by atoms with E-state index in [4.69, 9.17) is 9.47 Å². The second-order valence-corrected chi connectivity index (χ2v) is 4.36. The van der Waals surface area contributed by atoms with Crippen LogP contribution in [0.25, 0.3) is 0 Å². The van der Waals surface area contributed by atoms with Crippen LogP contribution in [-0.2, 0) is 0 Å². The van der Waals surface area contributed by atoms with Gasteiger partial charge < -0.3 is 20.1 Å². The van der Waals surface area contributed by atoms with Crippen LogP contribution in [0.3, 0.4) is 0 Å². The van der Waals surface area contributed by atoms with E-state index in [9.17, 15) is 0 Å². The first-order valence-electron chi connectivity index (χ1n) is 6.06. The summed E-state index contributed by atoms with van der Waals surface area (Å²) in [7, 11) is 1.95. The van der Waals surface area contributed by atoms with Crippen molar-refractivity contribution in [2.45, 2.75) is 19.1 Å². The van der Waals surface area contributed by atoms with Crippen LogP contribution in [0.5, 0.6) is 11.5 Å². The molecule has 94 valence electrons. The second-order valence-electron chi connectivity index (χ2n) is 4.36. The van der Waals surface area contributed by atoms with Crippen molar-refractivity contribution in [1.82, 2.24) is 10.6 Å². The van der Waals surface area contributed by atoms with E-state index in [1.165, 1.54) is 0 Å². The molecular weight excluding hydrogens is 216 g/mol. The van der Waals surface area contributed by atoms with Crippen molar-refractivity contribution < 1.29 is 9.47 Å². The lowest BCUT2D eigenvalue weighted by Gasteiger charge is -2.27. The van der Waals surface area contributed by atoms with Crippen molar-refractivity contribution in [1.29, 1.82) is 0 Å². The Kier molecular flexibility index (Phi) is 4.23. The fourth-order valence-corrected chi connectivity index (χ4v) is 1.87. The molecule has 0 aromatic heterocycles. The standard InChI is InChI=1S/C13H20N2O2/c1-10(7-14-2)15-8-11-9-16-12-5-3-4-6-13(12)17-11/h3-6,10-11,14-15H,7-9H2,1-2H3. The molecular formula is C13H20N2O2. The zero-order valence-electron chi connectivity index (χ0n) is 10.4. The van der Waals surface area contributed by atoms with Gasteiger partial charge in [0.2, 0.25) is 0 Å². The first-order valence-corrected chi connectivity index (χ1v) is 6.06. The van der Waals surface area contributed by atoms with Gasteiger partial charge in [-0.2, -0.15) is 0 Å². The van der Waals surface area contributed by atoms with Crippen LogP contribution < -0.4 is 20.1 Å². The van der Waals surface area contributed by atoms with Crippen molar-refractivity contribution in [2.24, 2.45) is 0 Å². The number of benzene rings is 1. The third kappa shape index (κ3) is 3.35. The smallest absolute Gasteiger partial charge is 0.161 e. The van der Waals surface area contributed by atoms with Gasteiger partial charge in [-0.15, -0.1) is 0 Å². The number of ether oxygens (including phenoxy) is 2. The van der Waals surface area contributed by atoms with E-state index in [1.54, 1.807) is 0 Å². The van der Waals surface area contributed by atoms with E-state index in [1.807, 2.05) is 31.3 Å². The van der Waals surface area contributed by atoms with Crippen LogP contribution in [0.15, 0.2) is 24.3 Å². The summed E-state index contributed by atoms with van der Waals surface area (Å²) in [5.74, 6) is 1.68. The van der Waals surface area contributed by atoms with Crippen LogP contribution in [0.2, 0.25) is 0 Å². The van der Waals surface area contributed by atoms with Crippen molar-refractivity contribution >= 4 is 0 Å². The molecule has 0 saturated carbocycles. The average molecular weight is 236 g/mol. The van der Waals surface area contributed by atoms with Crippen LogP contribution in [0.1, 0.15) is 6.92 Å². The first-order chi connectivity index (χ1) is 8.29. The fourth-order valence-electron chi connectivity index (χ4n) is 1.87. The molecule has 2 atom stereocenters. The summed E-state index contributed by atoms with van der Waals surface area (Å²) in [5, 5.41) is 6.55. The molecule has 0 aliphatic carbocycles. The molecule has 1 aromatic rings. The molecule has 4 heteroatoms. The number of likely N-dealkylation sites (N-methyl/N-ethyl adjacent to an activating group) is 1. The molecule has 0 amide bonds. The predicted molar refractivity (Wildman–Crippen MR) is 67.7 cm³/mol. The van der Waals surface area contributed by atoms with Gasteiger partial charge in [0.15, 0.2) is 11.5 Å². The molecule has 1 aliphatic heterocycles. The Morgan fingerprint density at radius 2 is 2.12 bits per heavy atom. The van der Waals surface area contributed by atoms with Gasteiger partial charge in [0.05, 0.1) is 0 Å². The Morgan fingerprint density at radius 1 is 1.35 bits per heavy atom. The third-order valence-corrected chi connectivity index (χ3v) is 2.77. The maximum absolute atomic E-state index is 5.85. The molecule has 1 heterocycles. The zero-order valence-corrected chi connectivity index (χ0v) is 10.4. The first kappa shape index (κ1) is 12.2. The molecule has 17 heavy (non-hydrogen) atoms. The molecule has 0 radical (unpaired) electrons. The van der Waals surface area contributed by atoms with Gasteiger partial charge in [0, 0.05) is 19.1 Å². The summed E-state index contributed by atoms with van der Waals surface area (Å²) < 4.78 is 11.5. The lowest BCUT2D eigenvalue weighted by Crippen LogP contribution is -2.44. The molecule has 2 N–H and O–H groups in total. The highest BCUT2D eigenvalue weighted by molar-refractivity contribution is 5.40. The Morgan fingerprint density at radius 3 is 2.88 bits per heavy atom. The Bertz CT molecular complexity index is 357. The van der Waals surface area contributed by atoms with Gasteiger partial charge in [0.25, 0.3) is 0 Å². The molecule has 2 unspecified atom stereocenters. The normalized spacial score (nSPS) is 20.0. The summed E-state index contributed by atoms with van der Waals surface area (Å²) in [4.78, 5) is 0. The predicted octanol–water partition coefficient (Wildman–Crippen LogP) is 1.02. The third-order valence-electron chi connectivity index (χ3n) is 2.77. The summed E-state index contributed by atoms with van der Waals surface area (Å²) >= 11 is 0. The van der Waals surface area contributed by atoms with E-state index in [2.05, 4.69) is 17.6 Å². The highest BCUT2D eigenvalue weighted by Gasteiger charge is 2.20. The number of hydrogen-bond donors (Lipinski definition) is 2. The topological polar surface area (TPSA) is 42.5 Å². The molecule has 1 aliphatic rings. The number of fused-ring (bicyclic) bond motifs is 1. The average Bonchev–Trinajstić information content (AvgIpc) is 2.36. The highest BCUT2D eigenvalue weighted by Crippen LogP contribution is 2.30. The second kappa shape index (κ2) is 5.89. The van der Waals surface area contributed by atoms with Crippen LogP contribution >= 0.6 is 0 Å². The monoisotopic (exact) mass is 236 g/mol. The SMILES string of the molecule is CNCC(C)NCC1COc2ccccc2O1. The summed E-state index contributed by atoms with van der Waals surface area (Å²) in [5.41, 5.74) is 0. The maximum Gasteiger partial charge on any atom is 0.161 e. The van der Waals surface area contributed by atoms with E-state index in [-0.39, 0.29) is 6.10 Å². The van der Waals surface area contributed by atoms with Gasteiger partial charge in [-0.1, -0.05) is 12.1 Å². The van der Waals surface area contributed by atoms with Crippen LogP contribution in [-0.4, -0.2) is 38.9 Å². The van der Waals surface area contributed by atoms with Crippen LogP contribution in [0.4, 0.5) is 0 Å². The van der Waals surface area contributed by atoms with Crippen molar-refractivity contribution in [2.75, 3.05) is 26.7 Å². The molecule has 1 aromatic carbocycles. The highest BCUT2D eigenvalue weighted by atomic mass is 16.6. The maximum atomic E-state index is 5.85. The molecule has 0 spiro atoms. The number of hydrogen-bond acceptors (Lipinski definition) is 4. The largest absolute Gasteiger partial charge is 0.486 e. The quantitative estimate of drug-likeness (QED) is 0.801. The zero-order chi connectivity index (χ0) is 12.1. The minimum Gasteiger partial charge on any atom is -0.486 e. The van der Waals surface area contributed by atoms with Crippen LogP contribution in [0, 0.1) is 0 Å². The van der Waals surface area contributed by atoms with E-state index in [0.29, 0.717) is 12.6 Å². The molecule has 4 nitrogen and oxygen atoms in total. The number of rotatable bonds is 5. The van der Waals surface area contributed by atoms with Gasteiger partial charge in [-0.25, -0.2) is 0 Å². The van der Waals surface area contributed by atoms with Gasteiger partial charge in [-0.05, 0) is 26.1 Å². The van der Waals surface area contributed by atoms with Gasteiger partial charge in [0.1, 0.15) is 12.7 Å². The minimum atomic E-state index is 0.0872. The Balaban J connectivity index is 1.82. The summed E-state index contributed by atoms with van der Waals surface area (Å²) in [6.07, 6.45) is 0.0872. The van der Waals surface area contributed by atoms with Gasteiger partial charge in [-0.3, -0.25) is 0 Å². The minimum absolute atomic E-state index is 0.0872. The van der Waals surface area contributed by atoms with Crippen molar-refractivity contribution in [3.8, 4) is 11.5 Å². The fraction of sp³-hybridized carbons (Fsp3) is 0.538. The molecule has 0 saturated heterocycles. The van der Waals surface area contributed by atoms with E-state index in [0.717, 1.165) is 24.6 Å². The summed E-state index contributed by atoms with van der Waals surface area (Å²) in [6.45, 7) is 4.51.